The van der Waals surface area contributed by atoms with Gasteiger partial charge in [0.2, 0.25) is 0 Å². The Kier molecular flexibility index (Phi) is 10.6. The molecule has 0 N–H and O–H groups in total. The van der Waals surface area contributed by atoms with E-state index < -0.39 is 5.97 Å². The smallest absolute Gasteiger partial charge is 0.341 e. The number of unbranched alkanes of at least 4 members (excludes halogenated alkanes) is 8. The minimum Gasteiger partial charge on any atom is -0.465 e. The fraction of sp³-hybridized carbons (Fsp3) is 0.600. The molecule has 0 radical (unpaired) electrons. The minimum absolute atomic E-state index is 0.269. The second-order valence-corrected chi connectivity index (χ2v) is 6.04. The first-order valence-corrected chi connectivity index (χ1v) is 9.07. The molecule has 0 saturated carbocycles. The van der Waals surface area contributed by atoms with Crippen molar-refractivity contribution in [3.8, 4) is 5.75 Å². The van der Waals surface area contributed by atoms with Crippen molar-refractivity contribution in [1.82, 2.24) is 0 Å². The summed E-state index contributed by atoms with van der Waals surface area (Å²) in [6, 6.07) is 6.64. The Bertz CT molecular complexity index is 496. The van der Waals surface area contributed by atoms with Gasteiger partial charge in [0.25, 0.3) is 0 Å². The lowest BCUT2D eigenvalue weighted by Gasteiger charge is -2.08. The van der Waals surface area contributed by atoms with Gasteiger partial charge in [-0.3, -0.25) is 4.79 Å². The summed E-state index contributed by atoms with van der Waals surface area (Å²) >= 11 is 0. The Morgan fingerprint density at radius 1 is 0.875 bits per heavy atom. The third-order valence-electron chi connectivity index (χ3n) is 4.00. The van der Waals surface area contributed by atoms with Crippen LogP contribution in [0.3, 0.4) is 0 Å². The first-order chi connectivity index (χ1) is 11.7. The average Bonchev–Trinajstić information content (AvgIpc) is 2.60. The van der Waals surface area contributed by atoms with Crippen LogP contribution >= 0.6 is 0 Å². The zero-order chi connectivity index (χ0) is 17.6. The van der Waals surface area contributed by atoms with Gasteiger partial charge in [-0.1, -0.05) is 70.4 Å². The monoisotopic (exact) mass is 334 g/mol. The molecule has 0 heterocycles. The lowest BCUT2D eigenvalue weighted by Crippen LogP contribution is -2.11. The molecule has 1 rings (SSSR count). The maximum atomic E-state index is 11.9. The third kappa shape index (κ3) is 8.14. The van der Waals surface area contributed by atoms with Crippen LogP contribution in [0, 0.1) is 0 Å². The maximum Gasteiger partial charge on any atom is 0.341 e. The molecule has 24 heavy (non-hydrogen) atoms. The first-order valence-electron chi connectivity index (χ1n) is 9.07. The highest BCUT2D eigenvalue weighted by atomic mass is 16.5. The van der Waals surface area contributed by atoms with Crippen molar-refractivity contribution in [3.05, 3.63) is 29.8 Å². The van der Waals surface area contributed by atoms with Crippen molar-refractivity contribution >= 4 is 11.9 Å². The fourth-order valence-electron chi connectivity index (χ4n) is 2.59. The molecule has 4 nitrogen and oxygen atoms in total. The molecular formula is C20H30O4. The predicted octanol–water partition coefficient (Wildman–Crippen LogP) is 5.30. The fourth-order valence-corrected chi connectivity index (χ4v) is 2.59. The molecule has 0 amide bonds. The highest BCUT2D eigenvalue weighted by molar-refractivity contribution is 5.93. The van der Waals surface area contributed by atoms with E-state index in [-0.39, 0.29) is 17.3 Å². The van der Waals surface area contributed by atoms with Crippen molar-refractivity contribution in [3.63, 3.8) is 0 Å². The molecule has 0 aromatic heterocycles. The van der Waals surface area contributed by atoms with E-state index in [0.29, 0.717) is 6.42 Å². The third-order valence-corrected chi connectivity index (χ3v) is 4.00. The summed E-state index contributed by atoms with van der Waals surface area (Å²) in [5.74, 6) is -0.527. The van der Waals surface area contributed by atoms with Gasteiger partial charge in [0.15, 0.2) is 0 Å². The van der Waals surface area contributed by atoms with Crippen LogP contribution in [-0.4, -0.2) is 19.0 Å². The summed E-state index contributed by atoms with van der Waals surface area (Å²) in [5, 5.41) is 0. The summed E-state index contributed by atoms with van der Waals surface area (Å²) < 4.78 is 9.99. The highest BCUT2D eigenvalue weighted by Gasteiger charge is 2.14. The van der Waals surface area contributed by atoms with Gasteiger partial charge in [-0.15, -0.1) is 0 Å². The van der Waals surface area contributed by atoms with Crippen LogP contribution in [0.25, 0.3) is 0 Å². The average molecular weight is 334 g/mol. The standard InChI is InChI=1S/C20H30O4/c1-3-4-5-6-7-8-9-10-11-16-19(21)24-18-15-13-12-14-17(18)20(22)23-2/h12-15H,3-11,16H2,1-2H3. The lowest BCUT2D eigenvalue weighted by molar-refractivity contribution is -0.134. The van der Waals surface area contributed by atoms with Crippen molar-refractivity contribution in [2.45, 2.75) is 71.1 Å². The number of carbonyl (C=O) groups is 2. The van der Waals surface area contributed by atoms with Gasteiger partial charge in [-0.25, -0.2) is 4.79 Å². The van der Waals surface area contributed by atoms with Crippen LogP contribution in [0.4, 0.5) is 0 Å². The van der Waals surface area contributed by atoms with Gasteiger partial charge >= 0.3 is 11.9 Å². The highest BCUT2D eigenvalue weighted by Crippen LogP contribution is 2.20. The molecule has 0 fully saturated rings. The number of rotatable bonds is 12. The van der Waals surface area contributed by atoms with Gasteiger partial charge in [0.1, 0.15) is 11.3 Å². The van der Waals surface area contributed by atoms with Crippen LogP contribution in [-0.2, 0) is 9.53 Å². The molecule has 0 aliphatic rings. The molecule has 0 unspecified atom stereocenters. The Labute approximate surface area is 145 Å². The van der Waals surface area contributed by atoms with Crippen molar-refractivity contribution in [2.24, 2.45) is 0 Å². The van der Waals surface area contributed by atoms with Crippen LogP contribution in [0.2, 0.25) is 0 Å². The molecule has 0 aliphatic heterocycles. The first kappa shape index (κ1) is 20.2. The van der Waals surface area contributed by atoms with Crippen LogP contribution in [0.15, 0.2) is 24.3 Å². The SMILES string of the molecule is CCCCCCCCCCCC(=O)Oc1ccccc1C(=O)OC. The number of benzene rings is 1. The molecule has 134 valence electrons. The lowest BCUT2D eigenvalue weighted by atomic mass is 10.1. The van der Waals surface area contributed by atoms with Gasteiger partial charge in [0, 0.05) is 6.42 Å². The Balaban J connectivity index is 2.20. The van der Waals surface area contributed by atoms with E-state index in [4.69, 9.17) is 4.74 Å². The molecule has 0 bridgehead atoms. The molecule has 0 aliphatic carbocycles. The quantitative estimate of drug-likeness (QED) is 0.296. The van der Waals surface area contributed by atoms with Gasteiger partial charge in [0.05, 0.1) is 7.11 Å². The number of ether oxygens (including phenoxy) is 2. The number of methoxy groups -OCH3 is 1. The van der Waals surface area contributed by atoms with E-state index in [9.17, 15) is 9.59 Å². The molecule has 0 saturated heterocycles. The second kappa shape index (κ2) is 12.6. The van der Waals surface area contributed by atoms with E-state index >= 15 is 0 Å². The summed E-state index contributed by atoms with van der Waals surface area (Å²) in [5.41, 5.74) is 0.278. The number of para-hydroxylation sites is 1. The summed E-state index contributed by atoms with van der Waals surface area (Å²) in [6.07, 6.45) is 11.2. The van der Waals surface area contributed by atoms with E-state index in [2.05, 4.69) is 11.7 Å². The molecule has 4 heteroatoms. The zero-order valence-electron chi connectivity index (χ0n) is 15.0. The van der Waals surface area contributed by atoms with E-state index in [1.54, 1.807) is 24.3 Å². The zero-order valence-corrected chi connectivity index (χ0v) is 15.0. The van der Waals surface area contributed by atoms with Crippen molar-refractivity contribution < 1.29 is 19.1 Å². The maximum absolute atomic E-state index is 11.9. The normalized spacial score (nSPS) is 10.4. The van der Waals surface area contributed by atoms with Crippen LogP contribution in [0.5, 0.6) is 5.75 Å². The van der Waals surface area contributed by atoms with Crippen LogP contribution < -0.4 is 4.74 Å². The minimum atomic E-state index is -0.499. The van der Waals surface area contributed by atoms with Crippen molar-refractivity contribution in [2.75, 3.05) is 7.11 Å². The summed E-state index contributed by atoms with van der Waals surface area (Å²) in [4.78, 5) is 23.5. The van der Waals surface area contributed by atoms with E-state index in [0.717, 1.165) is 19.3 Å². The topological polar surface area (TPSA) is 52.6 Å². The van der Waals surface area contributed by atoms with Gasteiger partial charge < -0.3 is 9.47 Å². The number of hydrogen-bond acceptors (Lipinski definition) is 4. The molecule has 1 aromatic rings. The number of carbonyl (C=O) groups excluding carboxylic acids is 2. The Hall–Kier alpha value is -1.84. The molecular weight excluding hydrogens is 304 g/mol. The largest absolute Gasteiger partial charge is 0.465 e. The summed E-state index contributed by atoms with van der Waals surface area (Å²) in [7, 11) is 1.31. The van der Waals surface area contributed by atoms with E-state index in [1.165, 1.54) is 45.6 Å². The Morgan fingerprint density at radius 3 is 2.08 bits per heavy atom. The molecule has 0 atom stereocenters. The van der Waals surface area contributed by atoms with E-state index in [1.807, 2.05) is 0 Å². The van der Waals surface area contributed by atoms with Gasteiger partial charge in [-0.2, -0.15) is 0 Å². The predicted molar refractivity (Wildman–Crippen MR) is 95.3 cm³/mol. The molecule has 0 spiro atoms. The van der Waals surface area contributed by atoms with Crippen LogP contribution in [0.1, 0.15) is 81.5 Å². The number of esters is 2. The Morgan fingerprint density at radius 2 is 1.46 bits per heavy atom. The van der Waals surface area contributed by atoms with Crippen molar-refractivity contribution in [1.29, 1.82) is 0 Å². The molecule has 1 aromatic carbocycles. The number of hydrogen-bond donors (Lipinski definition) is 0. The summed E-state index contributed by atoms with van der Waals surface area (Å²) in [6.45, 7) is 2.22. The second-order valence-electron chi connectivity index (χ2n) is 6.04. The van der Waals surface area contributed by atoms with Gasteiger partial charge in [-0.05, 0) is 18.6 Å².